The summed E-state index contributed by atoms with van der Waals surface area (Å²) >= 11 is 0. The molecule has 1 aromatic rings. The summed E-state index contributed by atoms with van der Waals surface area (Å²) in [6.07, 6.45) is 20.4. The second-order valence-corrected chi connectivity index (χ2v) is 11.6. The van der Waals surface area contributed by atoms with Crippen LogP contribution in [0.1, 0.15) is 160 Å². The number of esters is 1. The normalized spacial score (nSPS) is 12.6. The standard InChI is InChI=1S/C32H56O3/c1-7-9-10-11-12-13-14-15-16-17-18-19-20-21-22-27(25-35-30(33)8-2)28-23-26(3)31(34)29(24-28)32(4,5)6/h23-24,27,34H,7-22,25H2,1-6H3. The third-order valence-corrected chi connectivity index (χ3v) is 7.24. The summed E-state index contributed by atoms with van der Waals surface area (Å²) in [5.74, 6) is 0.438. The van der Waals surface area contributed by atoms with Gasteiger partial charge in [0.05, 0.1) is 6.61 Å². The molecule has 0 spiro atoms. The number of phenols is 1. The maximum absolute atomic E-state index is 11.8. The van der Waals surface area contributed by atoms with Crippen LogP contribution in [0.4, 0.5) is 0 Å². The number of phenolic OH excluding ortho intramolecular Hbond substituents is 1. The molecule has 35 heavy (non-hydrogen) atoms. The zero-order chi connectivity index (χ0) is 26.1. The number of hydrogen-bond donors (Lipinski definition) is 1. The van der Waals surface area contributed by atoms with Crippen molar-refractivity contribution in [1.82, 2.24) is 0 Å². The smallest absolute Gasteiger partial charge is 0.305 e. The van der Waals surface area contributed by atoms with Gasteiger partial charge in [-0.05, 0) is 35.4 Å². The number of rotatable bonds is 19. The summed E-state index contributed by atoms with van der Waals surface area (Å²) < 4.78 is 5.57. The lowest BCUT2D eigenvalue weighted by molar-refractivity contribution is -0.143. The molecule has 1 rings (SSSR count). The maximum Gasteiger partial charge on any atom is 0.305 e. The van der Waals surface area contributed by atoms with Crippen LogP contribution < -0.4 is 0 Å². The van der Waals surface area contributed by atoms with Crippen LogP contribution in [0.2, 0.25) is 0 Å². The molecule has 0 aromatic heterocycles. The summed E-state index contributed by atoms with van der Waals surface area (Å²) in [5, 5.41) is 10.6. The Hall–Kier alpha value is -1.51. The van der Waals surface area contributed by atoms with Crippen LogP contribution in [0.15, 0.2) is 12.1 Å². The SMILES string of the molecule is CCCCCCCCCCCCCCCCC(COC(=O)CC)c1cc(C)c(O)c(C(C)(C)C)c1. The van der Waals surface area contributed by atoms with Gasteiger partial charge >= 0.3 is 5.97 Å². The zero-order valence-electron chi connectivity index (χ0n) is 24.0. The predicted octanol–water partition coefficient (Wildman–Crippen LogP) is 9.91. The summed E-state index contributed by atoms with van der Waals surface area (Å²) in [6.45, 7) is 12.9. The van der Waals surface area contributed by atoms with Crippen molar-refractivity contribution in [2.24, 2.45) is 0 Å². The molecule has 3 heteroatoms. The van der Waals surface area contributed by atoms with Crippen molar-refractivity contribution in [1.29, 1.82) is 0 Å². The zero-order valence-corrected chi connectivity index (χ0v) is 24.0. The Labute approximate surface area is 217 Å². The molecule has 0 bridgehead atoms. The molecule has 1 atom stereocenters. The van der Waals surface area contributed by atoms with Crippen molar-refractivity contribution < 1.29 is 14.6 Å². The monoisotopic (exact) mass is 488 g/mol. The minimum Gasteiger partial charge on any atom is -0.507 e. The first kappa shape index (κ1) is 31.5. The van der Waals surface area contributed by atoms with E-state index in [1.54, 1.807) is 0 Å². The molecule has 202 valence electrons. The van der Waals surface area contributed by atoms with Gasteiger partial charge in [0.25, 0.3) is 0 Å². The quantitative estimate of drug-likeness (QED) is 0.156. The Morgan fingerprint density at radius 3 is 1.77 bits per heavy atom. The number of unbranched alkanes of at least 4 members (excludes halogenated alkanes) is 13. The van der Waals surface area contributed by atoms with E-state index in [1.165, 1.54) is 89.0 Å². The highest BCUT2D eigenvalue weighted by atomic mass is 16.5. The Morgan fingerprint density at radius 2 is 1.31 bits per heavy atom. The van der Waals surface area contributed by atoms with Gasteiger partial charge in [-0.25, -0.2) is 0 Å². The molecule has 0 aliphatic rings. The van der Waals surface area contributed by atoms with E-state index >= 15 is 0 Å². The molecule has 0 saturated carbocycles. The van der Waals surface area contributed by atoms with E-state index in [0.29, 0.717) is 18.8 Å². The van der Waals surface area contributed by atoms with Gasteiger partial charge in [-0.15, -0.1) is 0 Å². The van der Waals surface area contributed by atoms with Crippen molar-refractivity contribution in [2.45, 2.75) is 156 Å². The summed E-state index contributed by atoms with van der Waals surface area (Å²) in [5.41, 5.74) is 2.93. The van der Waals surface area contributed by atoms with E-state index in [2.05, 4.69) is 39.8 Å². The topological polar surface area (TPSA) is 46.5 Å². The number of hydrogen-bond acceptors (Lipinski definition) is 3. The van der Waals surface area contributed by atoms with Crippen LogP contribution in [0.25, 0.3) is 0 Å². The number of ether oxygens (including phenoxy) is 1. The lowest BCUT2D eigenvalue weighted by atomic mass is 9.81. The average Bonchev–Trinajstić information content (AvgIpc) is 2.81. The summed E-state index contributed by atoms with van der Waals surface area (Å²) in [6, 6.07) is 4.22. The Morgan fingerprint density at radius 1 is 0.829 bits per heavy atom. The van der Waals surface area contributed by atoms with Gasteiger partial charge in [-0.1, -0.05) is 137 Å². The fourth-order valence-corrected chi connectivity index (χ4v) is 4.84. The molecule has 1 unspecified atom stereocenters. The van der Waals surface area contributed by atoms with Crippen molar-refractivity contribution >= 4 is 5.97 Å². The third kappa shape index (κ3) is 13.4. The lowest BCUT2D eigenvalue weighted by Crippen LogP contribution is -2.16. The van der Waals surface area contributed by atoms with Gasteiger partial charge in [0.15, 0.2) is 0 Å². The average molecular weight is 489 g/mol. The van der Waals surface area contributed by atoms with Crippen LogP contribution in [-0.2, 0) is 14.9 Å². The maximum atomic E-state index is 11.8. The Balaban J connectivity index is 2.43. The van der Waals surface area contributed by atoms with E-state index in [9.17, 15) is 9.90 Å². The largest absolute Gasteiger partial charge is 0.507 e. The number of aryl methyl sites for hydroxylation is 1. The molecule has 1 aromatic carbocycles. The number of benzene rings is 1. The molecule has 0 aliphatic carbocycles. The van der Waals surface area contributed by atoms with Crippen LogP contribution in [0.5, 0.6) is 5.75 Å². The van der Waals surface area contributed by atoms with Crippen molar-refractivity contribution in [3.63, 3.8) is 0 Å². The molecule has 0 aliphatic heterocycles. The highest BCUT2D eigenvalue weighted by molar-refractivity contribution is 5.68. The fraction of sp³-hybridized carbons (Fsp3) is 0.781. The Kier molecular flexibility index (Phi) is 16.1. The first-order chi connectivity index (χ1) is 16.7. The van der Waals surface area contributed by atoms with Crippen molar-refractivity contribution in [3.8, 4) is 5.75 Å². The van der Waals surface area contributed by atoms with Crippen LogP contribution in [-0.4, -0.2) is 17.7 Å². The fourth-order valence-electron chi connectivity index (χ4n) is 4.84. The molecule has 3 nitrogen and oxygen atoms in total. The first-order valence-electron chi connectivity index (χ1n) is 14.7. The summed E-state index contributed by atoms with van der Waals surface area (Å²) in [7, 11) is 0. The predicted molar refractivity (Wildman–Crippen MR) is 150 cm³/mol. The third-order valence-electron chi connectivity index (χ3n) is 7.24. The summed E-state index contributed by atoms with van der Waals surface area (Å²) in [4.78, 5) is 11.8. The minimum absolute atomic E-state index is 0.134. The highest BCUT2D eigenvalue weighted by Crippen LogP contribution is 2.37. The van der Waals surface area contributed by atoms with Gasteiger partial charge < -0.3 is 9.84 Å². The highest BCUT2D eigenvalue weighted by Gasteiger charge is 2.23. The van der Waals surface area contributed by atoms with E-state index < -0.39 is 0 Å². The Bertz CT molecular complexity index is 701. The lowest BCUT2D eigenvalue weighted by Gasteiger charge is -2.25. The van der Waals surface area contributed by atoms with Gasteiger partial charge in [-0.3, -0.25) is 4.79 Å². The molecular weight excluding hydrogens is 432 g/mol. The van der Waals surface area contributed by atoms with E-state index in [-0.39, 0.29) is 17.3 Å². The molecular formula is C32H56O3. The van der Waals surface area contributed by atoms with E-state index in [1.807, 2.05) is 13.8 Å². The van der Waals surface area contributed by atoms with Crippen molar-refractivity contribution in [2.75, 3.05) is 6.61 Å². The molecule has 1 N–H and O–H groups in total. The van der Waals surface area contributed by atoms with E-state index in [4.69, 9.17) is 4.74 Å². The number of carbonyl (C=O) groups excluding carboxylic acids is 1. The van der Waals surface area contributed by atoms with Crippen LogP contribution in [0.3, 0.4) is 0 Å². The van der Waals surface area contributed by atoms with Gasteiger partial charge in [0.1, 0.15) is 5.75 Å². The molecule has 0 amide bonds. The molecule has 0 saturated heterocycles. The number of carbonyl (C=O) groups is 1. The number of aromatic hydroxyl groups is 1. The second-order valence-electron chi connectivity index (χ2n) is 11.6. The first-order valence-corrected chi connectivity index (χ1v) is 14.7. The second kappa shape index (κ2) is 17.8. The van der Waals surface area contributed by atoms with Crippen LogP contribution in [0, 0.1) is 6.92 Å². The minimum atomic E-state index is -0.137. The molecule has 0 radical (unpaired) electrons. The molecule has 0 heterocycles. The van der Waals surface area contributed by atoms with Gasteiger partial charge in [-0.2, -0.15) is 0 Å². The van der Waals surface area contributed by atoms with E-state index in [0.717, 1.165) is 24.0 Å². The van der Waals surface area contributed by atoms with Gasteiger partial charge in [0.2, 0.25) is 0 Å². The van der Waals surface area contributed by atoms with Crippen molar-refractivity contribution in [3.05, 3.63) is 28.8 Å². The molecule has 0 fully saturated rings. The van der Waals surface area contributed by atoms with Crippen LogP contribution >= 0.6 is 0 Å². The van der Waals surface area contributed by atoms with Gasteiger partial charge in [0, 0.05) is 12.3 Å².